The average Bonchev–Trinajstić information content (AvgIpc) is 3.39. The molecule has 3 aromatic rings. The van der Waals surface area contributed by atoms with Gasteiger partial charge in [0.15, 0.2) is 0 Å². The number of hydrogen-bond donors (Lipinski definition) is 0. The number of benzene rings is 1. The molecule has 1 fully saturated rings. The van der Waals surface area contributed by atoms with Gasteiger partial charge >= 0.3 is 0 Å². The molecule has 0 aliphatic carbocycles. The van der Waals surface area contributed by atoms with Crippen LogP contribution < -0.4 is 4.90 Å². The number of thiazole rings is 1. The minimum atomic E-state index is 0.0359. The first-order chi connectivity index (χ1) is 17.6. The maximum absolute atomic E-state index is 13.7. The molecule has 0 spiro atoms. The molecule has 0 saturated carbocycles. The summed E-state index contributed by atoms with van der Waals surface area (Å²) in [5.41, 5.74) is 2.83. The number of fused-ring (bicyclic) bond motifs is 3. The Balaban J connectivity index is 1.51. The van der Waals surface area contributed by atoms with Crippen LogP contribution in [0.4, 0.5) is 5.69 Å². The molecular weight excluding hydrogens is 470 g/mol. The number of pyridine rings is 1. The number of rotatable bonds is 4. The Morgan fingerprint density at radius 3 is 2.69 bits per heavy atom. The molecule has 1 aromatic carbocycles. The molecule has 2 unspecified atom stereocenters. The number of aromatic nitrogens is 2. The lowest BCUT2D eigenvalue weighted by Gasteiger charge is -2.43. The summed E-state index contributed by atoms with van der Waals surface area (Å²) in [6.07, 6.45) is 9.85. The number of anilines is 1. The predicted octanol–water partition coefficient (Wildman–Crippen LogP) is 4.29. The molecule has 0 N–H and O–H groups in total. The molecule has 36 heavy (non-hydrogen) atoms. The molecule has 2 bridgehead atoms. The number of nitrogens with zero attached hydrogens (tertiary/aromatic N) is 5. The zero-order valence-corrected chi connectivity index (χ0v) is 21.6. The summed E-state index contributed by atoms with van der Waals surface area (Å²) in [5, 5.41) is 3.12. The van der Waals surface area contributed by atoms with Crippen molar-refractivity contribution in [2.45, 2.75) is 64.2 Å². The van der Waals surface area contributed by atoms with Crippen molar-refractivity contribution < 1.29 is 9.59 Å². The predicted molar refractivity (Wildman–Crippen MR) is 142 cm³/mol. The maximum atomic E-state index is 13.7. The molecule has 2 aromatic heterocycles. The quantitative estimate of drug-likeness (QED) is 0.531. The summed E-state index contributed by atoms with van der Waals surface area (Å²) in [4.78, 5) is 41.7. The fourth-order valence-corrected chi connectivity index (χ4v) is 6.23. The van der Waals surface area contributed by atoms with E-state index < -0.39 is 0 Å². The van der Waals surface area contributed by atoms with Gasteiger partial charge in [-0.1, -0.05) is 30.7 Å². The molecule has 0 radical (unpaired) electrons. The van der Waals surface area contributed by atoms with Gasteiger partial charge in [0.05, 0.1) is 13.0 Å². The van der Waals surface area contributed by atoms with Gasteiger partial charge < -0.3 is 9.80 Å². The van der Waals surface area contributed by atoms with Gasteiger partial charge in [-0.2, -0.15) is 0 Å². The van der Waals surface area contributed by atoms with Crippen LogP contribution >= 0.6 is 11.3 Å². The van der Waals surface area contributed by atoms with Crippen LogP contribution in [0.15, 0.2) is 60.4 Å². The van der Waals surface area contributed by atoms with Crippen LogP contribution in [0.3, 0.4) is 0 Å². The molecule has 2 aliphatic heterocycles. The van der Waals surface area contributed by atoms with E-state index >= 15 is 0 Å². The highest BCUT2D eigenvalue weighted by Gasteiger charge is 2.35. The van der Waals surface area contributed by atoms with E-state index in [1.54, 1.807) is 30.7 Å². The summed E-state index contributed by atoms with van der Waals surface area (Å²) in [6, 6.07) is 12.4. The Labute approximate surface area is 216 Å². The number of carbonyl (C=O) groups is 2. The van der Waals surface area contributed by atoms with Crippen LogP contribution in [0.2, 0.25) is 0 Å². The van der Waals surface area contributed by atoms with E-state index in [0.717, 1.165) is 54.0 Å². The van der Waals surface area contributed by atoms with Crippen molar-refractivity contribution in [2.24, 2.45) is 0 Å². The van der Waals surface area contributed by atoms with Gasteiger partial charge in [-0.05, 0) is 42.5 Å². The fourth-order valence-electron chi connectivity index (χ4n) is 5.61. The van der Waals surface area contributed by atoms with Gasteiger partial charge in [-0.3, -0.25) is 19.5 Å². The Kier molecular flexibility index (Phi) is 7.72. The van der Waals surface area contributed by atoms with Crippen LogP contribution in [-0.4, -0.2) is 56.8 Å². The van der Waals surface area contributed by atoms with Crippen molar-refractivity contribution in [1.82, 2.24) is 19.8 Å². The van der Waals surface area contributed by atoms with Gasteiger partial charge in [-0.15, -0.1) is 11.3 Å². The molecule has 4 heterocycles. The minimum absolute atomic E-state index is 0.0359. The second-order valence-electron chi connectivity index (χ2n) is 9.74. The average molecular weight is 504 g/mol. The lowest BCUT2D eigenvalue weighted by Crippen LogP contribution is -2.52. The molecule has 8 heteroatoms. The van der Waals surface area contributed by atoms with Crippen molar-refractivity contribution in [2.75, 3.05) is 18.0 Å². The minimum Gasteiger partial charge on any atom is -0.336 e. The largest absolute Gasteiger partial charge is 0.336 e. The normalized spacial score (nSPS) is 20.9. The van der Waals surface area contributed by atoms with E-state index in [9.17, 15) is 9.59 Å². The summed E-state index contributed by atoms with van der Waals surface area (Å²) in [7, 11) is 0. The zero-order chi connectivity index (χ0) is 24.9. The number of piperidine rings is 1. The van der Waals surface area contributed by atoms with E-state index in [1.165, 1.54) is 0 Å². The van der Waals surface area contributed by atoms with Gasteiger partial charge in [0, 0.05) is 68.3 Å². The molecule has 2 atom stereocenters. The molecule has 188 valence electrons. The van der Waals surface area contributed by atoms with E-state index in [1.807, 2.05) is 57.8 Å². The van der Waals surface area contributed by atoms with E-state index in [4.69, 9.17) is 0 Å². The highest BCUT2D eigenvalue weighted by molar-refractivity contribution is 7.09. The Hall–Kier alpha value is -3.10. The van der Waals surface area contributed by atoms with Gasteiger partial charge in [0.25, 0.3) is 0 Å². The molecule has 7 nitrogen and oxygen atoms in total. The van der Waals surface area contributed by atoms with Crippen LogP contribution in [0, 0.1) is 0 Å². The number of hydrogen-bond acceptors (Lipinski definition) is 6. The Morgan fingerprint density at radius 1 is 1.06 bits per heavy atom. The standard InChI is InChI=1S/C28H33N5O2S/c1-21(34)32-14-11-24-8-4-9-25(33(24)20-27-30-13-15-36-27)19-31(18-23-7-2-3-10-26(23)32)28(35)16-22-6-5-12-29-17-22/h2-3,5-7,10,12-13,15,17,24-25H,4,8-9,11,14,16,18-20H2,1H3. The van der Waals surface area contributed by atoms with Gasteiger partial charge in [0.1, 0.15) is 5.01 Å². The molecule has 2 aliphatic rings. The number of amides is 2. The second kappa shape index (κ2) is 11.3. The van der Waals surface area contributed by atoms with Crippen LogP contribution in [0.5, 0.6) is 0 Å². The molecule has 2 amide bonds. The first kappa shape index (κ1) is 24.6. The summed E-state index contributed by atoms with van der Waals surface area (Å²) < 4.78 is 0. The number of para-hydroxylation sites is 1. The molecule has 1 saturated heterocycles. The fraction of sp³-hybridized carbons (Fsp3) is 0.429. The highest BCUT2D eigenvalue weighted by atomic mass is 32.1. The smallest absolute Gasteiger partial charge is 0.227 e. The van der Waals surface area contributed by atoms with Crippen LogP contribution in [0.25, 0.3) is 0 Å². The third-order valence-corrected chi connectivity index (χ3v) is 8.15. The van der Waals surface area contributed by atoms with Gasteiger partial charge in [0.2, 0.25) is 11.8 Å². The molecular formula is C28H33N5O2S. The van der Waals surface area contributed by atoms with Crippen molar-refractivity contribution in [3.8, 4) is 0 Å². The van der Waals surface area contributed by atoms with Crippen LogP contribution in [0.1, 0.15) is 48.7 Å². The zero-order valence-electron chi connectivity index (χ0n) is 20.8. The summed E-state index contributed by atoms with van der Waals surface area (Å²) in [5.74, 6) is 0.122. The summed E-state index contributed by atoms with van der Waals surface area (Å²) in [6.45, 7) is 4.23. The van der Waals surface area contributed by atoms with Crippen LogP contribution in [-0.2, 0) is 29.1 Å². The molecule has 5 rings (SSSR count). The highest BCUT2D eigenvalue weighted by Crippen LogP contribution is 2.32. The van der Waals surface area contributed by atoms with Crippen molar-refractivity contribution >= 4 is 28.8 Å². The first-order valence-corrected chi connectivity index (χ1v) is 13.6. The second-order valence-corrected chi connectivity index (χ2v) is 10.7. The Bertz CT molecular complexity index is 1170. The monoisotopic (exact) mass is 503 g/mol. The van der Waals surface area contributed by atoms with E-state index in [0.29, 0.717) is 32.1 Å². The van der Waals surface area contributed by atoms with Gasteiger partial charge in [-0.25, -0.2) is 4.98 Å². The van der Waals surface area contributed by atoms with Crippen molar-refractivity contribution in [3.05, 3.63) is 76.5 Å². The third-order valence-electron chi connectivity index (χ3n) is 7.39. The van der Waals surface area contributed by atoms with E-state index in [2.05, 4.69) is 14.9 Å². The maximum Gasteiger partial charge on any atom is 0.227 e. The number of carbonyl (C=O) groups excluding carboxylic acids is 2. The third kappa shape index (κ3) is 5.65. The topological polar surface area (TPSA) is 69.6 Å². The SMILES string of the molecule is CC(=O)N1CCC2CCCC(CN(C(=O)Cc3cccnc3)Cc3ccccc31)N2Cc1nccs1. The lowest BCUT2D eigenvalue weighted by atomic mass is 9.92. The first-order valence-electron chi connectivity index (χ1n) is 12.8. The Morgan fingerprint density at radius 2 is 1.92 bits per heavy atom. The van der Waals surface area contributed by atoms with Crippen molar-refractivity contribution in [1.29, 1.82) is 0 Å². The van der Waals surface area contributed by atoms with Crippen molar-refractivity contribution in [3.63, 3.8) is 0 Å². The van der Waals surface area contributed by atoms with E-state index in [-0.39, 0.29) is 17.9 Å². The summed E-state index contributed by atoms with van der Waals surface area (Å²) >= 11 is 1.68. The lowest BCUT2D eigenvalue weighted by molar-refractivity contribution is -0.132.